The van der Waals surface area contributed by atoms with Crippen LogP contribution in [0.15, 0.2) is 71.4 Å². The summed E-state index contributed by atoms with van der Waals surface area (Å²) in [6, 6.07) is 11.9. The molecular weight excluding hydrogens is 476 g/mol. The Hall–Kier alpha value is -4.34. The first-order valence-corrected chi connectivity index (χ1v) is 12.3. The molecule has 2 N–H and O–H groups in total. The first-order valence-electron chi connectivity index (χ1n) is 12.3. The fourth-order valence-corrected chi connectivity index (χ4v) is 4.93. The van der Waals surface area contributed by atoms with E-state index in [9.17, 15) is 8.78 Å². The highest BCUT2D eigenvalue weighted by Crippen LogP contribution is 2.33. The number of aromatic nitrogens is 4. The van der Waals surface area contributed by atoms with Crippen LogP contribution in [-0.2, 0) is 6.54 Å². The monoisotopic (exact) mass is 501 g/mol. The van der Waals surface area contributed by atoms with Crippen LogP contribution >= 0.6 is 0 Å². The van der Waals surface area contributed by atoms with Crippen molar-refractivity contribution in [1.29, 1.82) is 0 Å². The molecule has 10 heteroatoms. The van der Waals surface area contributed by atoms with E-state index in [1.165, 1.54) is 24.0 Å². The van der Waals surface area contributed by atoms with Crippen LogP contribution in [0.1, 0.15) is 37.4 Å². The van der Waals surface area contributed by atoms with Crippen molar-refractivity contribution in [3.8, 4) is 5.75 Å². The number of nitrogens with one attached hydrogen (secondary N) is 2. The third-order valence-electron chi connectivity index (χ3n) is 6.63. The number of hydrogen-bond acceptors (Lipinski definition) is 7. The zero-order valence-corrected chi connectivity index (χ0v) is 20.2. The molecule has 1 saturated carbocycles. The van der Waals surface area contributed by atoms with E-state index in [4.69, 9.17) is 14.8 Å². The molecule has 2 aromatic heterocycles. The van der Waals surface area contributed by atoms with E-state index in [-0.39, 0.29) is 23.9 Å². The number of nitrogens with zero attached hydrogens (tertiary/aromatic N) is 5. The minimum Gasteiger partial charge on any atom is -0.494 e. The summed E-state index contributed by atoms with van der Waals surface area (Å²) in [5, 5.41) is 12.4. The number of halogens is 2. The van der Waals surface area contributed by atoms with Crippen molar-refractivity contribution in [2.24, 2.45) is 4.99 Å². The van der Waals surface area contributed by atoms with Gasteiger partial charge in [-0.05, 0) is 43.9 Å². The van der Waals surface area contributed by atoms with E-state index < -0.39 is 11.6 Å². The van der Waals surface area contributed by atoms with Gasteiger partial charge in [0.05, 0.1) is 24.7 Å². The zero-order valence-electron chi connectivity index (χ0n) is 20.2. The normalized spacial score (nSPS) is 16.9. The predicted octanol–water partition coefficient (Wildman–Crippen LogP) is 4.78. The molecule has 2 aromatic carbocycles. The lowest BCUT2D eigenvalue weighted by atomic mass is 10.1. The number of amidine groups is 1. The Labute approximate surface area is 212 Å². The standard InChI is InChI=1S/C27H25F2N7O/c1-2-37-16-12-20(28)19(21(29)13-16)14-36-23-9-4-3-6-18(23)25(35-36)27-32-22-8-5-7-17(22)26(34-27)33-24-10-11-30-15-31-24/h3-4,6,9-13,15,22H,2,5,7-8,14H2,1H3,(H,32,34)(H,30,31,33). The minimum atomic E-state index is -0.674. The van der Waals surface area contributed by atoms with Crippen LogP contribution < -0.4 is 15.4 Å². The number of ether oxygens (including phenoxy) is 1. The maximum Gasteiger partial charge on any atom is 0.156 e. The number of anilines is 1. The number of hydrogen-bond donors (Lipinski definition) is 2. The Morgan fingerprint density at radius 2 is 2.00 bits per heavy atom. The molecule has 1 unspecified atom stereocenters. The molecule has 1 aliphatic carbocycles. The molecule has 1 fully saturated rings. The van der Waals surface area contributed by atoms with Crippen molar-refractivity contribution >= 4 is 22.6 Å². The molecule has 1 aliphatic heterocycles. The highest BCUT2D eigenvalue weighted by atomic mass is 19.1. The second-order valence-electron chi connectivity index (χ2n) is 8.95. The topological polar surface area (TPSA) is 89.2 Å². The Morgan fingerprint density at radius 3 is 2.78 bits per heavy atom. The van der Waals surface area contributed by atoms with Crippen LogP contribution in [0, 0.1) is 11.6 Å². The molecule has 8 nitrogen and oxygen atoms in total. The van der Waals surface area contributed by atoms with Gasteiger partial charge in [-0.1, -0.05) is 18.2 Å². The second kappa shape index (κ2) is 9.61. The van der Waals surface area contributed by atoms with Gasteiger partial charge in [-0.3, -0.25) is 9.67 Å². The summed E-state index contributed by atoms with van der Waals surface area (Å²) >= 11 is 0. The zero-order chi connectivity index (χ0) is 25.4. The summed E-state index contributed by atoms with van der Waals surface area (Å²) in [5.41, 5.74) is 2.49. The summed E-state index contributed by atoms with van der Waals surface area (Å²) < 4.78 is 36.6. The largest absolute Gasteiger partial charge is 0.494 e. The van der Waals surface area contributed by atoms with Gasteiger partial charge >= 0.3 is 0 Å². The number of fused-ring (bicyclic) bond motifs is 2. The summed E-state index contributed by atoms with van der Waals surface area (Å²) in [4.78, 5) is 13.2. The smallest absolute Gasteiger partial charge is 0.156 e. The quantitative estimate of drug-likeness (QED) is 0.379. The molecule has 0 amide bonds. The molecular formula is C27H25F2N7O. The third kappa shape index (κ3) is 4.39. The molecule has 2 aliphatic rings. The van der Waals surface area contributed by atoms with Crippen molar-refractivity contribution in [3.63, 3.8) is 0 Å². The lowest BCUT2D eigenvalue weighted by Gasteiger charge is -2.24. The first-order chi connectivity index (χ1) is 18.1. The highest BCUT2D eigenvalue weighted by Gasteiger charge is 2.31. The van der Waals surface area contributed by atoms with Gasteiger partial charge in [0.1, 0.15) is 41.0 Å². The highest BCUT2D eigenvalue weighted by molar-refractivity contribution is 6.09. The number of benzene rings is 2. The Balaban J connectivity index is 1.37. The van der Waals surface area contributed by atoms with Gasteiger partial charge in [-0.25, -0.2) is 18.7 Å². The van der Waals surface area contributed by atoms with Gasteiger partial charge in [-0.15, -0.1) is 0 Å². The lowest BCUT2D eigenvalue weighted by molar-refractivity contribution is 0.335. The van der Waals surface area contributed by atoms with Crippen LogP contribution in [0.2, 0.25) is 0 Å². The van der Waals surface area contributed by atoms with Crippen LogP contribution in [0.25, 0.3) is 10.9 Å². The molecule has 0 bridgehead atoms. The van der Waals surface area contributed by atoms with E-state index in [1.807, 2.05) is 24.3 Å². The Kier molecular flexibility index (Phi) is 5.99. The number of rotatable bonds is 7. The number of aliphatic imine (C=N–C) groups is 1. The third-order valence-corrected chi connectivity index (χ3v) is 6.63. The van der Waals surface area contributed by atoms with Gasteiger partial charge in [0, 0.05) is 29.3 Å². The van der Waals surface area contributed by atoms with Gasteiger partial charge in [0.2, 0.25) is 0 Å². The van der Waals surface area contributed by atoms with E-state index in [0.29, 0.717) is 24.0 Å². The summed E-state index contributed by atoms with van der Waals surface area (Å²) in [6.45, 7) is 2.02. The van der Waals surface area contributed by atoms with Gasteiger partial charge in [-0.2, -0.15) is 5.10 Å². The summed E-state index contributed by atoms with van der Waals surface area (Å²) in [6.07, 6.45) is 6.09. The molecule has 6 rings (SSSR count). The fraction of sp³-hybridized carbons (Fsp3) is 0.259. The van der Waals surface area contributed by atoms with Crippen molar-refractivity contribution in [2.75, 3.05) is 11.9 Å². The Morgan fingerprint density at radius 1 is 1.16 bits per heavy atom. The van der Waals surface area contributed by atoms with Gasteiger partial charge in [0.15, 0.2) is 5.84 Å². The average molecular weight is 502 g/mol. The van der Waals surface area contributed by atoms with Crippen molar-refractivity contribution in [1.82, 2.24) is 25.1 Å². The lowest BCUT2D eigenvalue weighted by Crippen LogP contribution is -2.36. The van der Waals surface area contributed by atoms with Crippen molar-refractivity contribution < 1.29 is 13.5 Å². The SMILES string of the molecule is CCOc1cc(F)c(Cn2nc(C3=NC4CCCC4=C(Nc4ccncn4)N3)c3ccccc32)c(F)c1. The number of para-hydroxylation sites is 1. The molecule has 0 spiro atoms. The van der Waals surface area contributed by atoms with E-state index >= 15 is 0 Å². The van der Waals surface area contributed by atoms with E-state index in [1.54, 1.807) is 23.9 Å². The van der Waals surface area contributed by atoms with Crippen LogP contribution in [0.5, 0.6) is 5.75 Å². The van der Waals surface area contributed by atoms with E-state index in [2.05, 4.69) is 20.6 Å². The van der Waals surface area contributed by atoms with Gasteiger partial charge < -0.3 is 15.4 Å². The summed E-state index contributed by atoms with van der Waals surface area (Å²) in [7, 11) is 0. The minimum absolute atomic E-state index is 0.0329. The maximum absolute atomic E-state index is 14.9. The van der Waals surface area contributed by atoms with Crippen LogP contribution in [0.4, 0.5) is 14.6 Å². The molecule has 3 heterocycles. The average Bonchev–Trinajstić information content (AvgIpc) is 3.52. The fourth-order valence-electron chi connectivity index (χ4n) is 4.93. The van der Waals surface area contributed by atoms with Crippen molar-refractivity contribution in [3.05, 3.63) is 89.3 Å². The molecule has 0 saturated heterocycles. The van der Waals surface area contributed by atoms with Gasteiger partial charge in [0.25, 0.3) is 0 Å². The first kappa shape index (κ1) is 23.1. The second-order valence-corrected chi connectivity index (χ2v) is 8.95. The van der Waals surface area contributed by atoms with Crippen molar-refractivity contribution in [2.45, 2.75) is 38.8 Å². The van der Waals surface area contributed by atoms with E-state index in [0.717, 1.165) is 36.0 Å². The molecule has 4 aromatic rings. The van der Waals surface area contributed by atoms with Crippen LogP contribution in [-0.4, -0.2) is 38.2 Å². The molecule has 188 valence electrons. The predicted molar refractivity (Wildman–Crippen MR) is 136 cm³/mol. The Bertz CT molecular complexity index is 1510. The molecule has 1 atom stereocenters. The summed E-state index contributed by atoms with van der Waals surface area (Å²) in [5.74, 6) is 0.938. The van der Waals surface area contributed by atoms with Crippen LogP contribution in [0.3, 0.4) is 0 Å². The maximum atomic E-state index is 14.9. The molecule has 0 radical (unpaired) electrons. The molecule has 37 heavy (non-hydrogen) atoms.